The Morgan fingerprint density at radius 2 is 2.14 bits per heavy atom. The molecule has 0 radical (unpaired) electrons. The molecule has 8 heteroatoms. The average Bonchev–Trinajstić information content (AvgIpc) is 2.57. The van der Waals surface area contributed by atoms with Crippen molar-refractivity contribution in [3.63, 3.8) is 0 Å². The zero-order valence-electron chi connectivity index (χ0n) is 12.1. The number of anilines is 1. The molecule has 0 bridgehead atoms. The number of ether oxygens (including phenoxy) is 1. The van der Waals surface area contributed by atoms with E-state index in [2.05, 4.69) is 32.0 Å². The van der Waals surface area contributed by atoms with Crippen molar-refractivity contribution in [1.82, 2.24) is 15.0 Å². The van der Waals surface area contributed by atoms with Crippen LogP contribution in [0.4, 0.5) is 10.2 Å². The van der Waals surface area contributed by atoms with Gasteiger partial charge in [0.05, 0.1) is 7.11 Å². The van der Waals surface area contributed by atoms with E-state index in [1.54, 1.807) is 0 Å². The molecule has 0 aromatic carbocycles. The first-order valence-electron chi connectivity index (χ1n) is 6.70. The Hall–Kier alpha value is -1.60. The normalized spacial score (nSPS) is 14.6. The lowest BCUT2D eigenvalue weighted by molar-refractivity contribution is 0.401. The van der Waals surface area contributed by atoms with E-state index in [0.717, 1.165) is 13.0 Å². The Bertz CT molecular complexity index is 755. The zero-order chi connectivity index (χ0) is 15.7. The topological polar surface area (TPSA) is 51.1 Å². The van der Waals surface area contributed by atoms with E-state index in [1.165, 1.54) is 18.9 Å². The van der Waals surface area contributed by atoms with Gasteiger partial charge in [-0.15, -0.1) is 0 Å². The molecule has 2 aromatic rings. The first kappa shape index (κ1) is 15.3. The van der Waals surface area contributed by atoms with Gasteiger partial charge in [-0.1, -0.05) is 35.5 Å². The highest BCUT2D eigenvalue weighted by Crippen LogP contribution is 2.36. The molecular formula is C14H14ClFN4OS. The maximum absolute atomic E-state index is 14.4. The Kier molecular flexibility index (Phi) is 4.35. The van der Waals surface area contributed by atoms with Crippen LogP contribution in [0.2, 0.25) is 5.15 Å². The fourth-order valence-electron chi connectivity index (χ4n) is 2.38. The average molecular weight is 341 g/mol. The molecule has 3 heterocycles. The van der Waals surface area contributed by atoms with Crippen LogP contribution in [0, 0.1) is 5.82 Å². The number of thioether (sulfide) groups is 1. The monoisotopic (exact) mass is 340 g/mol. The molecule has 0 N–H and O–H groups in total. The Morgan fingerprint density at radius 1 is 1.32 bits per heavy atom. The Labute approximate surface area is 136 Å². The molecule has 0 saturated carbocycles. The predicted molar refractivity (Wildman–Crippen MR) is 86.6 cm³/mol. The third-order valence-electron chi connectivity index (χ3n) is 3.41. The fraction of sp³-hybridized carbons (Fsp3) is 0.357. The van der Waals surface area contributed by atoms with Gasteiger partial charge in [-0.3, -0.25) is 0 Å². The van der Waals surface area contributed by atoms with Gasteiger partial charge >= 0.3 is 0 Å². The summed E-state index contributed by atoms with van der Waals surface area (Å²) in [6, 6.07) is 0. The molecule has 0 atom stereocenters. The number of hydrogen-bond acceptors (Lipinski definition) is 6. The number of pyridine rings is 1. The smallest absolute Gasteiger partial charge is 0.228 e. The lowest BCUT2D eigenvalue weighted by atomic mass is 10.2. The molecule has 1 aliphatic heterocycles. The number of halogens is 2. The van der Waals surface area contributed by atoms with Crippen LogP contribution in [0.25, 0.3) is 10.9 Å². The summed E-state index contributed by atoms with van der Waals surface area (Å²) < 4.78 is 19.7. The molecule has 0 fully saturated rings. The number of rotatable bonds is 3. The molecule has 5 nitrogen and oxygen atoms in total. The first-order chi connectivity index (χ1) is 10.7. The molecule has 0 aliphatic carbocycles. The minimum Gasteiger partial charge on any atom is -0.480 e. The van der Waals surface area contributed by atoms with E-state index in [0.29, 0.717) is 22.9 Å². The van der Waals surface area contributed by atoms with Gasteiger partial charge in [0.2, 0.25) is 5.88 Å². The molecule has 22 heavy (non-hydrogen) atoms. The van der Waals surface area contributed by atoms with Crippen molar-refractivity contribution in [2.24, 2.45) is 0 Å². The largest absolute Gasteiger partial charge is 0.480 e. The van der Waals surface area contributed by atoms with Gasteiger partial charge in [0.15, 0.2) is 16.1 Å². The van der Waals surface area contributed by atoms with Gasteiger partial charge in [-0.05, 0) is 12.7 Å². The third kappa shape index (κ3) is 2.59. The van der Waals surface area contributed by atoms with Crippen LogP contribution in [-0.4, -0.2) is 41.4 Å². The van der Waals surface area contributed by atoms with Gasteiger partial charge in [-0.2, -0.15) is 4.98 Å². The Morgan fingerprint density at radius 3 is 2.77 bits per heavy atom. The quantitative estimate of drug-likeness (QED) is 0.370. The van der Waals surface area contributed by atoms with E-state index >= 15 is 0 Å². The Balaban J connectivity index is 2.33. The summed E-state index contributed by atoms with van der Waals surface area (Å²) in [5.74, 6) is 0.209. The summed E-state index contributed by atoms with van der Waals surface area (Å²) >= 11 is 7.20. The van der Waals surface area contributed by atoms with Gasteiger partial charge in [0.1, 0.15) is 16.7 Å². The number of hydrogen-bond donors (Lipinski definition) is 0. The van der Waals surface area contributed by atoms with Crippen molar-refractivity contribution in [3.05, 3.63) is 23.1 Å². The number of nitrogens with zero attached hydrogens (tertiary/aromatic N) is 4. The molecular weight excluding hydrogens is 327 g/mol. The molecule has 0 unspecified atom stereocenters. The fourth-order valence-corrected chi connectivity index (χ4v) is 2.90. The molecule has 0 spiro atoms. The second kappa shape index (κ2) is 6.26. The summed E-state index contributed by atoms with van der Waals surface area (Å²) in [7, 11) is 1.47. The predicted octanol–water partition coefficient (Wildman–Crippen LogP) is 3.31. The summed E-state index contributed by atoms with van der Waals surface area (Å²) in [6.07, 6.45) is 6.93. The maximum atomic E-state index is 14.4. The van der Waals surface area contributed by atoms with Crippen molar-refractivity contribution in [3.8, 4) is 5.88 Å². The summed E-state index contributed by atoms with van der Waals surface area (Å²) in [6.45, 7) is 1.50. The summed E-state index contributed by atoms with van der Waals surface area (Å²) in [5.41, 5.74) is 0.140. The van der Waals surface area contributed by atoms with Crippen molar-refractivity contribution in [2.75, 3.05) is 31.4 Å². The lowest BCUT2D eigenvalue weighted by Crippen LogP contribution is -2.28. The van der Waals surface area contributed by atoms with Gasteiger partial charge in [0.25, 0.3) is 0 Å². The van der Waals surface area contributed by atoms with Gasteiger partial charge < -0.3 is 9.64 Å². The van der Waals surface area contributed by atoms with Crippen molar-refractivity contribution in [2.45, 2.75) is 11.6 Å². The summed E-state index contributed by atoms with van der Waals surface area (Å²) in [4.78, 5) is 14.8. The highest BCUT2D eigenvalue weighted by Gasteiger charge is 2.23. The minimum atomic E-state index is -0.649. The molecule has 2 aromatic heterocycles. The minimum absolute atomic E-state index is 0.140. The molecule has 116 valence electrons. The lowest BCUT2D eigenvalue weighted by Gasteiger charge is -2.26. The number of aromatic nitrogens is 3. The van der Waals surface area contributed by atoms with Crippen molar-refractivity contribution < 1.29 is 9.13 Å². The molecule has 3 rings (SSSR count). The highest BCUT2D eigenvalue weighted by atomic mass is 35.5. The molecule has 0 amide bonds. The standard InChI is InChI=1S/C14H14ClFN4OS/c1-21-13-8-10(9(16)11(15)18-13)17-14(22-2)19-12(8)20-6-4-3-5-7-20/h3-4H,5-7H2,1-2H3. The summed E-state index contributed by atoms with van der Waals surface area (Å²) in [5, 5.41) is 0.692. The van der Waals surface area contributed by atoms with E-state index in [1.807, 2.05) is 6.26 Å². The van der Waals surface area contributed by atoms with Crippen LogP contribution in [0.5, 0.6) is 5.88 Å². The number of methoxy groups -OCH3 is 1. The van der Waals surface area contributed by atoms with Crippen LogP contribution < -0.4 is 9.64 Å². The van der Waals surface area contributed by atoms with Crippen LogP contribution >= 0.6 is 23.4 Å². The number of fused-ring (bicyclic) bond motifs is 1. The third-order valence-corrected chi connectivity index (χ3v) is 4.20. The van der Waals surface area contributed by atoms with E-state index in [4.69, 9.17) is 16.3 Å². The van der Waals surface area contributed by atoms with Crippen LogP contribution in [0.3, 0.4) is 0 Å². The second-order valence-corrected chi connectivity index (χ2v) is 5.82. The molecule has 0 saturated heterocycles. The van der Waals surface area contributed by atoms with Crippen molar-refractivity contribution >= 4 is 40.1 Å². The van der Waals surface area contributed by atoms with Gasteiger partial charge in [-0.25, -0.2) is 14.4 Å². The first-order valence-corrected chi connectivity index (χ1v) is 8.30. The van der Waals surface area contributed by atoms with Gasteiger partial charge in [0, 0.05) is 13.1 Å². The maximum Gasteiger partial charge on any atom is 0.228 e. The van der Waals surface area contributed by atoms with E-state index in [9.17, 15) is 4.39 Å². The van der Waals surface area contributed by atoms with Crippen LogP contribution in [0.15, 0.2) is 17.3 Å². The van der Waals surface area contributed by atoms with Crippen molar-refractivity contribution in [1.29, 1.82) is 0 Å². The van der Waals surface area contributed by atoms with Crippen LogP contribution in [0.1, 0.15) is 6.42 Å². The van der Waals surface area contributed by atoms with Crippen LogP contribution in [-0.2, 0) is 0 Å². The highest BCUT2D eigenvalue weighted by molar-refractivity contribution is 7.98. The second-order valence-electron chi connectivity index (χ2n) is 4.69. The van der Waals surface area contributed by atoms with E-state index in [-0.39, 0.29) is 16.5 Å². The molecule has 1 aliphatic rings. The SMILES string of the molecule is COc1nc(Cl)c(F)c2nc(SC)nc(N3CC=CCC3)c12. The van der Waals surface area contributed by atoms with E-state index < -0.39 is 5.82 Å². The zero-order valence-corrected chi connectivity index (χ0v) is 13.7.